The van der Waals surface area contributed by atoms with Gasteiger partial charge in [0.25, 0.3) is 5.91 Å². The minimum Gasteiger partial charge on any atom is -0.322 e. The topological polar surface area (TPSA) is 105 Å². The summed E-state index contributed by atoms with van der Waals surface area (Å²) < 4.78 is 3.28. The molecule has 31 heavy (non-hydrogen) atoms. The van der Waals surface area contributed by atoms with Crippen molar-refractivity contribution in [3.05, 3.63) is 34.7 Å². The number of aromatic nitrogens is 2. The molecule has 9 nitrogen and oxygen atoms in total. The highest BCUT2D eigenvalue weighted by Crippen LogP contribution is 2.35. The van der Waals surface area contributed by atoms with Crippen molar-refractivity contribution in [1.82, 2.24) is 24.9 Å². The summed E-state index contributed by atoms with van der Waals surface area (Å²) >= 11 is 0. The zero-order chi connectivity index (χ0) is 22.2. The van der Waals surface area contributed by atoms with Gasteiger partial charge in [0.05, 0.1) is 11.0 Å². The van der Waals surface area contributed by atoms with Gasteiger partial charge in [-0.05, 0) is 50.2 Å². The zero-order valence-electron chi connectivity index (χ0n) is 18.0. The van der Waals surface area contributed by atoms with Crippen LogP contribution >= 0.6 is 0 Å². The van der Waals surface area contributed by atoms with E-state index in [1.54, 1.807) is 9.13 Å². The molecule has 4 rings (SSSR count). The summed E-state index contributed by atoms with van der Waals surface area (Å²) in [6.45, 7) is 4.90. The summed E-state index contributed by atoms with van der Waals surface area (Å²) in [4.78, 5) is 50.7. The van der Waals surface area contributed by atoms with Gasteiger partial charge in [0.2, 0.25) is 5.91 Å². The first-order valence-electron chi connectivity index (χ1n) is 11.0. The van der Waals surface area contributed by atoms with Gasteiger partial charge >= 0.3 is 11.7 Å². The highest BCUT2D eigenvalue weighted by Gasteiger charge is 2.52. The van der Waals surface area contributed by atoms with Crippen molar-refractivity contribution in [1.29, 1.82) is 0 Å². The second-order valence-corrected chi connectivity index (χ2v) is 8.69. The molecule has 9 heteroatoms. The lowest BCUT2D eigenvalue weighted by Gasteiger charge is -2.33. The Balaban J connectivity index is 1.45. The van der Waals surface area contributed by atoms with Crippen molar-refractivity contribution < 1.29 is 14.4 Å². The lowest BCUT2D eigenvalue weighted by Crippen LogP contribution is -2.51. The van der Waals surface area contributed by atoms with Gasteiger partial charge in [-0.1, -0.05) is 26.0 Å². The number of fused-ring (bicyclic) bond motifs is 1. The molecular weight excluding hydrogens is 398 g/mol. The first-order valence-corrected chi connectivity index (χ1v) is 11.0. The van der Waals surface area contributed by atoms with Crippen LogP contribution in [-0.2, 0) is 22.7 Å². The quantitative estimate of drug-likeness (QED) is 0.689. The van der Waals surface area contributed by atoms with E-state index in [1.807, 2.05) is 31.2 Å². The number of urea groups is 1. The van der Waals surface area contributed by atoms with Crippen LogP contribution in [0.5, 0.6) is 0 Å². The first-order chi connectivity index (χ1) is 14.9. The van der Waals surface area contributed by atoms with Gasteiger partial charge in [0.15, 0.2) is 0 Å². The third-order valence-corrected chi connectivity index (χ3v) is 6.46. The summed E-state index contributed by atoms with van der Waals surface area (Å²) in [6, 6.07) is 6.88. The molecule has 0 unspecified atom stereocenters. The molecule has 1 spiro atoms. The molecule has 2 N–H and O–H groups in total. The molecule has 1 aliphatic carbocycles. The number of carbonyl (C=O) groups is 3. The maximum Gasteiger partial charge on any atom is 0.344 e. The average Bonchev–Trinajstić information content (AvgIpc) is 3.15. The van der Waals surface area contributed by atoms with E-state index in [1.165, 1.54) is 0 Å². The Morgan fingerprint density at radius 1 is 1.10 bits per heavy atom. The highest BCUT2D eigenvalue weighted by molar-refractivity contribution is 6.08. The number of rotatable bonds is 6. The van der Waals surface area contributed by atoms with Crippen LogP contribution in [0.2, 0.25) is 0 Å². The van der Waals surface area contributed by atoms with Gasteiger partial charge in [-0.3, -0.25) is 24.1 Å². The number of carbonyl (C=O) groups excluding carboxylic acids is 3. The molecule has 166 valence electrons. The molecule has 2 fully saturated rings. The van der Waals surface area contributed by atoms with E-state index in [0.29, 0.717) is 25.3 Å². The summed E-state index contributed by atoms with van der Waals surface area (Å²) in [7, 11) is 0. The Morgan fingerprint density at radius 2 is 1.71 bits per heavy atom. The number of hydrogen-bond donors (Lipinski definition) is 2. The van der Waals surface area contributed by atoms with Crippen LogP contribution in [-0.4, -0.2) is 37.5 Å². The van der Waals surface area contributed by atoms with E-state index < -0.39 is 23.4 Å². The molecule has 2 aromatic rings. The van der Waals surface area contributed by atoms with Gasteiger partial charge in [-0.15, -0.1) is 0 Å². The van der Waals surface area contributed by atoms with Gasteiger partial charge in [0.1, 0.15) is 5.54 Å². The second kappa shape index (κ2) is 8.20. The number of nitrogens with one attached hydrogen (secondary N) is 2. The van der Waals surface area contributed by atoms with Crippen molar-refractivity contribution in [2.24, 2.45) is 5.92 Å². The number of benzene rings is 1. The lowest BCUT2D eigenvalue weighted by atomic mass is 9.77. The number of hydrazine groups is 1. The summed E-state index contributed by atoms with van der Waals surface area (Å²) in [5, 5.41) is 3.59. The van der Waals surface area contributed by atoms with Crippen molar-refractivity contribution in [2.45, 2.75) is 71.0 Å². The van der Waals surface area contributed by atoms with Crippen LogP contribution in [0.15, 0.2) is 29.1 Å². The van der Waals surface area contributed by atoms with Crippen LogP contribution in [0.25, 0.3) is 11.0 Å². The molecule has 0 atom stereocenters. The standard InChI is InChI=1S/C22H29N5O4/c1-3-13-25-16-6-4-5-7-17(16)26(21(25)31)14-10-18(28)24-27-19(29)22(23-20(27)30)11-8-15(2)9-12-22/h4-7,15H,3,8-14H2,1-2H3,(H,23,30)(H,24,28). The van der Waals surface area contributed by atoms with E-state index in [4.69, 9.17) is 0 Å². The lowest BCUT2D eigenvalue weighted by molar-refractivity contribution is -0.140. The zero-order valence-corrected chi connectivity index (χ0v) is 18.0. The van der Waals surface area contributed by atoms with Crippen LogP contribution in [0.1, 0.15) is 52.4 Å². The molecule has 2 heterocycles. The van der Waals surface area contributed by atoms with Crippen molar-refractivity contribution in [3.63, 3.8) is 0 Å². The number of hydrogen-bond acceptors (Lipinski definition) is 4. The predicted molar refractivity (Wildman–Crippen MR) is 115 cm³/mol. The Morgan fingerprint density at radius 3 is 2.32 bits per heavy atom. The van der Waals surface area contributed by atoms with Crippen molar-refractivity contribution >= 4 is 28.9 Å². The van der Waals surface area contributed by atoms with E-state index in [9.17, 15) is 19.2 Å². The number of imidazole rings is 1. The third kappa shape index (κ3) is 3.73. The molecular formula is C22H29N5O4. The number of imide groups is 1. The Bertz CT molecular complexity index is 1080. The van der Waals surface area contributed by atoms with Crippen LogP contribution in [0.3, 0.4) is 0 Å². The van der Waals surface area contributed by atoms with Crippen molar-refractivity contribution in [2.75, 3.05) is 0 Å². The molecule has 1 aromatic heterocycles. The average molecular weight is 428 g/mol. The van der Waals surface area contributed by atoms with E-state index in [2.05, 4.69) is 17.7 Å². The van der Waals surface area contributed by atoms with E-state index >= 15 is 0 Å². The van der Waals surface area contributed by atoms with Crippen molar-refractivity contribution in [3.8, 4) is 0 Å². The molecule has 4 amide bonds. The number of para-hydroxylation sites is 2. The van der Waals surface area contributed by atoms with Gasteiger partial charge < -0.3 is 5.32 Å². The number of nitrogens with zero attached hydrogens (tertiary/aromatic N) is 3. The fraction of sp³-hybridized carbons (Fsp3) is 0.545. The number of aryl methyl sites for hydroxylation is 2. The normalized spacial score (nSPS) is 23.5. The SMILES string of the molecule is CCCn1c(=O)n(CCC(=O)NN2C(=O)NC3(CCC(C)CC3)C2=O)c2ccccc21. The summed E-state index contributed by atoms with van der Waals surface area (Å²) in [6.07, 6.45) is 3.67. The highest BCUT2D eigenvalue weighted by atomic mass is 16.2. The maximum absolute atomic E-state index is 12.9. The predicted octanol–water partition coefficient (Wildman–Crippen LogP) is 2.13. The van der Waals surface area contributed by atoms with E-state index in [0.717, 1.165) is 35.3 Å². The molecule has 0 bridgehead atoms. The monoisotopic (exact) mass is 427 g/mol. The second-order valence-electron chi connectivity index (χ2n) is 8.69. The Hall–Kier alpha value is -3.10. The van der Waals surface area contributed by atoms with Crippen LogP contribution < -0.4 is 16.4 Å². The van der Waals surface area contributed by atoms with Gasteiger partial charge in [-0.25, -0.2) is 9.59 Å². The largest absolute Gasteiger partial charge is 0.344 e. The van der Waals surface area contributed by atoms with Crippen LogP contribution in [0.4, 0.5) is 4.79 Å². The fourth-order valence-electron chi connectivity index (χ4n) is 4.64. The van der Waals surface area contributed by atoms with Gasteiger partial charge in [-0.2, -0.15) is 5.01 Å². The fourth-order valence-corrected chi connectivity index (χ4v) is 4.64. The number of amides is 4. The minimum atomic E-state index is -0.901. The first kappa shape index (κ1) is 21.1. The molecule has 1 aromatic carbocycles. The molecule has 0 radical (unpaired) electrons. The summed E-state index contributed by atoms with van der Waals surface area (Å²) in [5.74, 6) is -0.356. The van der Waals surface area contributed by atoms with Crippen LogP contribution in [0, 0.1) is 5.92 Å². The molecule has 2 aliphatic rings. The Kier molecular flexibility index (Phi) is 5.60. The summed E-state index contributed by atoms with van der Waals surface area (Å²) in [5.41, 5.74) is 2.97. The Labute approximate surface area is 180 Å². The maximum atomic E-state index is 12.9. The third-order valence-electron chi connectivity index (χ3n) is 6.46. The smallest absolute Gasteiger partial charge is 0.322 e. The molecule has 1 saturated heterocycles. The van der Waals surface area contributed by atoms with E-state index in [-0.39, 0.29) is 18.7 Å². The molecule has 1 aliphatic heterocycles. The minimum absolute atomic E-state index is 0.0267. The van der Waals surface area contributed by atoms with Gasteiger partial charge in [0, 0.05) is 19.5 Å². The molecule has 1 saturated carbocycles.